The lowest BCUT2D eigenvalue weighted by Crippen LogP contribution is -2.34. The normalized spacial score (nSPS) is 17.2. The highest BCUT2D eigenvalue weighted by Crippen LogP contribution is 2.34. The summed E-state index contributed by atoms with van der Waals surface area (Å²) >= 11 is 0. The fraction of sp³-hybridized carbons (Fsp3) is 0.625. The highest BCUT2D eigenvalue weighted by atomic mass is 19.4. The minimum absolute atomic E-state index is 0.00687. The lowest BCUT2D eigenvalue weighted by atomic mass is 9.99. The zero-order valence-electron chi connectivity index (χ0n) is 14.6. The molecule has 0 fully saturated rings. The van der Waals surface area contributed by atoms with Crippen LogP contribution in [0.3, 0.4) is 0 Å². The molecule has 0 N–H and O–H groups in total. The van der Waals surface area contributed by atoms with Crippen LogP contribution in [0, 0.1) is 5.92 Å². The van der Waals surface area contributed by atoms with Crippen LogP contribution in [0.15, 0.2) is 10.7 Å². The topological polar surface area (TPSA) is 77.0 Å². The Bertz CT molecular complexity index is 783. The van der Waals surface area contributed by atoms with Gasteiger partial charge in [0.05, 0.1) is 18.2 Å². The van der Waals surface area contributed by atoms with E-state index in [0.717, 1.165) is 6.42 Å². The van der Waals surface area contributed by atoms with E-state index in [0.29, 0.717) is 23.8 Å². The summed E-state index contributed by atoms with van der Waals surface area (Å²) in [5.41, 5.74) is 0.692. The molecule has 1 atom stereocenters. The minimum Gasteiger partial charge on any atom is -0.441 e. The van der Waals surface area contributed by atoms with E-state index < -0.39 is 18.0 Å². The van der Waals surface area contributed by atoms with Crippen molar-refractivity contribution in [1.29, 1.82) is 0 Å². The molecule has 0 radical (unpaired) electrons. The Labute approximate surface area is 148 Å². The summed E-state index contributed by atoms with van der Waals surface area (Å²) in [7, 11) is 1.53. The van der Waals surface area contributed by atoms with Crippen molar-refractivity contribution < 1.29 is 22.4 Å². The third-order valence-electron chi connectivity index (χ3n) is 4.45. The monoisotopic (exact) mass is 371 g/mol. The summed E-state index contributed by atoms with van der Waals surface area (Å²) in [5.74, 6) is -1.07. The van der Waals surface area contributed by atoms with Gasteiger partial charge in [0.25, 0.3) is 5.89 Å². The fourth-order valence-corrected chi connectivity index (χ4v) is 2.99. The van der Waals surface area contributed by atoms with E-state index >= 15 is 0 Å². The second-order valence-corrected chi connectivity index (χ2v) is 6.48. The Morgan fingerprint density at radius 2 is 2.19 bits per heavy atom. The smallest absolute Gasteiger partial charge is 0.393 e. The molecule has 7 nitrogen and oxygen atoms in total. The van der Waals surface area contributed by atoms with Gasteiger partial charge in [0.15, 0.2) is 5.82 Å². The molecule has 1 unspecified atom stereocenters. The molecule has 0 saturated carbocycles. The molecule has 142 valence electrons. The zero-order valence-corrected chi connectivity index (χ0v) is 14.6. The van der Waals surface area contributed by atoms with Crippen molar-refractivity contribution in [2.45, 2.75) is 51.9 Å². The quantitative estimate of drug-likeness (QED) is 0.807. The number of aryl methyl sites for hydroxylation is 2. The molecule has 1 aliphatic rings. The standard InChI is InChI=1S/C16H20F3N5O2/c1-3-4-11-9-26-14(20-11)15(25)23(2)8-13-22-21-12-6-5-10(7-24(12)13)16(17,18)19/h9-10H,3-8H2,1-2H3. The first-order valence-electron chi connectivity index (χ1n) is 8.47. The SMILES string of the molecule is CCCc1coc(C(=O)N(C)Cc2nnc3n2CC(C(F)(F)F)CC3)n1. The van der Waals surface area contributed by atoms with Crippen molar-refractivity contribution in [3.8, 4) is 0 Å². The number of aromatic nitrogens is 4. The number of oxazole rings is 1. The van der Waals surface area contributed by atoms with Crippen LogP contribution in [0.2, 0.25) is 0 Å². The third kappa shape index (κ3) is 3.73. The van der Waals surface area contributed by atoms with Crippen LogP contribution >= 0.6 is 0 Å². The van der Waals surface area contributed by atoms with E-state index in [1.54, 1.807) is 0 Å². The first kappa shape index (κ1) is 18.4. The average Bonchev–Trinajstić information content (AvgIpc) is 3.21. The third-order valence-corrected chi connectivity index (χ3v) is 4.45. The van der Waals surface area contributed by atoms with Gasteiger partial charge in [0, 0.05) is 20.0 Å². The van der Waals surface area contributed by atoms with Gasteiger partial charge in [-0.05, 0) is 12.8 Å². The number of carbonyl (C=O) groups is 1. The summed E-state index contributed by atoms with van der Waals surface area (Å²) in [6.07, 6.45) is -1.01. The molecular formula is C16H20F3N5O2. The summed E-state index contributed by atoms with van der Waals surface area (Å²) in [6.45, 7) is 1.80. The van der Waals surface area contributed by atoms with Crippen molar-refractivity contribution in [1.82, 2.24) is 24.6 Å². The second kappa shape index (κ2) is 7.08. The molecule has 1 amide bonds. The number of nitrogens with zero attached hydrogens (tertiary/aromatic N) is 5. The average molecular weight is 371 g/mol. The number of amides is 1. The molecular weight excluding hydrogens is 351 g/mol. The molecule has 1 aliphatic heterocycles. The number of hydrogen-bond acceptors (Lipinski definition) is 5. The minimum atomic E-state index is -4.26. The van der Waals surface area contributed by atoms with Gasteiger partial charge in [-0.1, -0.05) is 13.3 Å². The van der Waals surface area contributed by atoms with E-state index in [2.05, 4.69) is 15.2 Å². The lowest BCUT2D eigenvalue weighted by molar-refractivity contribution is -0.182. The number of halogens is 3. The van der Waals surface area contributed by atoms with Crippen molar-refractivity contribution >= 4 is 5.91 Å². The molecule has 2 aromatic rings. The molecule has 3 rings (SSSR count). The van der Waals surface area contributed by atoms with Gasteiger partial charge in [0.1, 0.15) is 12.1 Å². The molecule has 0 aromatic carbocycles. The molecule has 3 heterocycles. The number of carbonyl (C=O) groups excluding carboxylic acids is 1. The van der Waals surface area contributed by atoms with Gasteiger partial charge >= 0.3 is 12.1 Å². The van der Waals surface area contributed by atoms with Crippen LogP contribution in [0.5, 0.6) is 0 Å². The van der Waals surface area contributed by atoms with Gasteiger partial charge in [-0.15, -0.1) is 10.2 Å². The van der Waals surface area contributed by atoms with Crippen LogP contribution in [0.1, 0.15) is 47.8 Å². The molecule has 2 aromatic heterocycles. The van der Waals surface area contributed by atoms with E-state index in [1.165, 1.54) is 22.8 Å². The highest BCUT2D eigenvalue weighted by Gasteiger charge is 2.42. The van der Waals surface area contributed by atoms with E-state index in [1.807, 2.05) is 6.92 Å². The molecule has 0 saturated heterocycles. The molecule has 26 heavy (non-hydrogen) atoms. The largest absolute Gasteiger partial charge is 0.441 e. The summed E-state index contributed by atoms with van der Waals surface area (Å²) in [6, 6.07) is 0. The summed E-state index contributed by atoms with van der Waals surface area (Å²) in [5, 5.41) is 7.92. The maximum absolute atomic E-state index is 13.0. The van der Waals surface area contributed by atoms with Gasteiger partial charge in [-0.3, -0.25) is 4.79 Å². The molecule has 0 aliphatic carbocycles. The van der Waals surface area contributed by atoms with Crippen LogP contribution in [0.25, 0.3) is 0 Å². The van der Waals surface area contributed by atoms with Crippen LogP contribution < -0.4 is 0 Å². The Morgan fingerprint density at radius 3 is 2.88 bits per heavy atom. The van der Waals surface area contributed by atoms with Gasteiger partial charge in [-0.25, -0.2) is 4.98 Å². The second-order valence-electron chi connectivity index (χ2n) is 6.48. The molecule has 0 bridgehead atoms. The maximum atomic E-state index is 13.0. The Kier molecular flexibility index (Phi) is 5.01. The number of rotatable bonds is 5. The first-order chi connectivity index (χ1) is 12.3. The van der Waals surface area contributed by atoms with E-state index in [4.69, 9.17) is 4.42 Å². The van der Waals surface area contributed by atoms with Crippen molar-refractivity contribution in [3.63, 3.8) is 0 Å². The van der Waals surface area contributed by atoms with Crippen LogP contribution in [-0.2, 0) is 25.9 Å². The number of fused-ring (bicyclic) bond motifs is 1. The fourth-order valence-electron chi connectivity index (χ4n) is 2.99. The zero-order chi connectivity index (χ0) is 18.9. The predicted molar refractivity (Wildman–Crippen MR) is 84.2 cm³/mol. The highest BCUT2D eigenvalue weighted by molar-refractivity contribution is 5.89. The van der Waals surface area contributed by atoms with Crippen molar-refractivity contribution in [2.24, 2.45) is 5.92 Å². The number of alkyl halides is 3. The van der Waals surface area contributed by atoms with E-state index in [9.17, 15) is 18.0 Å². The van der Waals surface area contributed by atoms with Crippen molar-refractivity contribution in [3.05, 3.63) is 29.5 Å². The summed E-state index contributed by atoms with van der Waals surface area (Å²) < 4.78 is 45.7. The maximum Gasteiger partial charge on any atom is 0.393 e. The van der Waals surface area contributed by atoms with E-state index in [-0.39, 0.29) is 31.8 Å². The van der Waals surface area contributed by atoms with Gasteiger partial charge < -0.3 is 13.9 Å². The van der Waals surface area contributed by atoms with Crippen molar-refractivity contribution in [2.75, 3.05) is 7.05 Å². The van der Waals surface area contributed by atoms with Crippen LogP contribution in [0.4, 0.5) is 13.2 Å². The Morgan fingerprint density at radius 1 is 1.42 bits per heavy atom. The Balaban J connectivity index is 1.71. The summed E-state index contributed by atoms with van der Waals surface area (Å²) in [4.78, 5) is 17.9. The van der Waals surface area contributed by atoms with Gasteiger partial charge in [0.2, 0.25) is 0 Å². The van der Waals surface area contributed by atoms with Crippen LogP contribution in [-0.4, -0.2) is 43.8 Å². The molecule has 0 spiro atoms. The van der Waals surface area contributed by atoms with Gasteiger partial charge in [-0.2, -0.15) is 13.2 Å². The lowest BCUT2D eigenvalue weighted by Gasteiger charge is -2.26. The first-order valence-corrected chi connectivity index (χ1v) is 8.47. The Hall–Kier alpha value is -2.39. The predicted octanol–water partition coefficient (Wildman–Crippen LogP) is 2.62. The number of hydrogen-bond donors (Lipinski definition) is 0. The molecule has 10 heteroatoms.